The number of carbonyl (C=O) groups excluding carboxylic acids is 2. The van der Waals surface area contributed by atoms with Gasteiger partial charge in [-0.1, -0.05) is 0 Å². The summed E-state index contributed by atoms with van der Waals surface area (Å²) >= 11 is 0. The average molecular weight is 243 g/mol. The predicted molar refractivity (Wildman–Crippen MR) is 68.3 cm³/mol. The van der Waals surface area contributed by atoms with Crippen molar-refractivity contribution >= 4 is 11.8 Å². The van der Waals surface area contributed by atoms with Gasteiger partial charge in [-0.2, -0.15) is 0 Å². The minimum Gasteiger partial charge on any atom is -0.352 e. The molecule has 0 aromatic carbocycles. The van der Waals surface area contributed by atoms with E-state index in [0.717, 1.165) is 0 Å². The molecule has 5 nitrogen and oxygen atoms in total. The van der Waals surface area contributed by atoms with Gasteiger partial charge < -0.3 is 16.4 Å². The first-order valence-corrected chi connectivity index (χ1v) is 5.85. The Labute approximate surface area is 104 Å². The van der Waals surface area contributed by atoms with Gasteiger partial charge in [0.15, 0.2) is 0 Å². The number of hydrogen-bond donors (Lipinski definition) is 3. The van der Waals surface area contributed by atoms with Crippen molar-refractivity contribution in [1.82, 2.24) is 10.6 Å². The topological polar surface area (TPSA) is 84.2 Å². The Bertz CT molecular complexity index is 291. The van der Waals surface area contributed by atoms with E-state index in [1.807, 2.05) is 13.8 Å². The van der Waals surface area contributed by atoms with E-state index in [-0.39, 0.29) is 24.4 Å². The van der Waals surface area contributed by atoms with Crippen molar-refractivity contribution in [3.05, 3.63) is 0 Å². The van der Waals surface area contributed by atoms with Gasteiger partial charge in [0.05, 0.1) is 12.0 Å². The Morgan fingerprint density at radius 3 is 2.00 bits per heavy atom. The maximum absolute atomic E-state index is 11.9. The molecule has 0 radical (unpaired) electrons. The summed E-state index contributed by atoms with van der Waals surface area (Å²) in [4.78, 5) is 23.3. The summed E-state index contributed by atoms with van der Waals surface area (Å²) in [7, 11) is 0. The minimum atomic E-state index is -0.731. The third-order valence-corrected chi connectivity index (χ3v) is 3.04. The lowest BCUT2D eigenvalue weighted by Crippen LogP contribution is -2.56. The van der Waals surface area contributed by atoms with Crippen molar-refractivity contribution in [3.63, 3.8) is 0 Å². The lowest BCUT2D eigenvalue weighted by atomic mass is 9.74. The van der Waals surface area contributed by atoms with E-state index in [4.69, 9.17) is 5.73 Å². The van der Waals surface area contributed by atoms with Crippen molar-refractivity contribution in [2.45, 2.75) is 53.1 Å². The van der Waals surface area contributed by atoms with Crippen LogP contribution < -0.4 is 16.4 Å². The van der Waals surface area contributed by atoms with E-state index in [9.17, 15) is 9.59 Å². The highest BCUT2D eigenvalue weighted by Gasteiger charge is 2.40. The molecule has 5 heteroatoms. The molecule has 4 N–H and O–H groups in total. The normalized spacial score (nSPS) is 12.5. The molecule has 0 aliphatic heterocycles. The third-order valence-electron chi connectivity index (χ3n) is 3.04. The van der Waals surface area contributed by atoms with Crippen LogP contribution in [0.4, 0.5) is 0 Å². The standard InChI is InChI=1S/C12H25N3O2/c1-8(2)15-9(16)7-14-10(17)11(3,4)12(5,6)13/h8H,7,13H2,1-6H3,(H,14,17)(H,15,16). The first kappa shape index (κ1) is 15.9. The predicted octanol–water partition coefficient (Wildman–Crippen LogP) is 0.391. The molecule has 0 saturated heterocycles. The number of hydrogen-bond acceptors (Lipinski definition) is 3. The number of amides is 2. The zero-order valence-corrected chi connectivity index (χ0v) is 11.7. The fourth-order valence-electron chi connectivity index (χ4n) is 1.05. The second kappa shape index (κ2) is 5.49. The molecule has 0 unspecified atom stereocenters. The molecule has 0 heterocycles. The first-order chi connectivity index (χ1) is 7.48. The van der Waals surface area contributed by atoms with Gasteiger partial charge in [-0.05, 0) is 41.5 Å². The Kier molecular flexibility index (Phi) is 5.13. The number of nitrogens with one attached hydrogen (secondary N) is 2. The van der Waals surface area contributed by atoms with Crippen molar-refractivity contribution in [2.75, 3.05) is 6.54 Å². The smallest absolute Gasteiger partial charge is 0.239 e. The van der Waals surface area contributed by atoms with E-state index in [0.29, 0.717) is 0 Å². The molecule has 0 aromatic rings. The first-order valence-electron chi connectivity index (χ1n) is 5.85. The zero-order chi connectivity index (χ0) is 13.9. The fraction of sp³-hybridized carbons (Fsp3) is 0.833. The second-order valence-electron chi connectivity index (χ2n) is 5.75. The van der Waals surface area contributed by atoms with Crippen LogP contribution in [0.25, 0.3) is 0 Å². The van der Waals surface area contributed by atoms with Crippen molar-refractivity contribution < 1.29 is 9.59 Å². The van der Waals surface area contributed by atoms with Crippen molar-refractivity contribution in [1.29, 1.82) is 0 Å². The maximum Gasteiger partial charge on any atom is 0.239 e. The summed E-state index contributed by atoms with van der Waals surface area (Å²) in [5.41, 5.74) is 4.56. The number of carbonyl (C=O) groups is 2. The van der Waals surface area contributed by atoms with Crippen LogP contribution in [0.3, 0.4) is 0 Å². The summed E-state index contributed by atoms with van der Waals surface area (Å²) < 4.78 is 0. The molecule has 100 valence electrons. The lowest BCUT2D eigenvalue weighted by Gasteiger charge is -2.36. The van der Waals surface area contributed by atoms with Gasteiger partial charge in [0.1, 0.15) is 0 Å². The Morgan fingerprint density at radius 2 is 1.65 bits per heavy atom. The monoisotopic (exact) mass is 243 g/mol. The van der Waals surface area contributed by atoms with Crippen LogP contribution >= 0.6 is 0 Å². The van der Waals surface area contributed by atoms with Crippen LogP contribution in [0.2, 0.25) is 0 Å². The van der Waals surface area contributed by atoms with Gasteiger partial charge in [0.2, 0.25) is 11.8 Å². The van der Waals surface area contributed by atoms with Gasteiger partial charge in [0, 0.05) is 11.6 Å². The molecule has 0 bridgehead atoms. The molecule has 0 aliphatic carbocycles. The zero-order valence-electron chi connectivity index (χ0n) is 11.7. The van der Waals surface area contributed by atoms with Crippen LogP contribution in [0.15, 0.2) is 0 Å². The molecular weight excluding hydrogens is 218 g/mol. The van der Waals surface area contributed by atoms with E-state index in [1.165, 1.54) is 0 Å². The van der Waals surface area contributed by atoms with Crippen LogP contribution in [0.1, 0.15) is 41.5 Å². The minimum absolute atomic E-state index is 0.0173. The Morgan fingerprint density at radius 1 is 1.18 bits per heavy atom. The molecule has 0 spiro atoms. The molecule has 0 saturated carbocycles. The molecular formula is C12H25N3O2. The molecule has 0 aromatic heterocycles. The second-order valence-corrected chi connectivity index (χ2v) is 5.75. The molecule has 0 aliphatic rings. The summed E-state index contributed by atoms with van der Waals surface area (Å²) in [5, 5.41) is 5.31. The molecule has 2 amide bonds. The van der Waals surface area contributed by atoms with E-state index in [2.05, 4.69) is 10.6 Å². The molecule has 0 fully saturated rings. The van der Waals surface area contributed by atoms with Crippen LogP contribution in [0.5, 0.6) is 0 Å². The van der Waals surface area contributed by atoms with E-state index in [1.54, 1.807) is 27.7 Å². The van der Waals surface area contributed by atoms with Gasteiger partial charge in [-0.25, -0.2) is 0 Å². The SMILES string of the molecule is CC(C)NC(=O)CNC(=O)C(C)(C)C(C)(C)N. The highest BCUT2D eigenvalue weighted by Crippen LogP contribution is 2.28. The van der Waals surface area contributed by atoms with Crippen molar-refractivity contribution in [3.8, 4) is 0 Å². The van der Waals surface area contributed by atoms with Gasteiger partial charge in [-0.3, -0.25) is 9.59 Å². The molecule has 17 heavy (non-hydrogen) atoms. The van der Waals surface area contributed by atoms with Crippen molar-refractivity contribution in [2.24, 2.45) is 11.1 Å². The Hall–Kier alpha value is -1.10. The highest BCUT2D eigenvalue weighted by molar-refractivity contribution is 5.88. The number of nitrogens with two attached hydrogens (primary N) is 1. The summed E-state index contributed by atoms with van der Waals surface area (Å²) in [6.07, 6.45) is 0. The van der Waals surface area contributed by atoms with E-state index < -0.39 is 11.0 Å². The van der Waals surface area contributed by atoms with Gasteiger partial charge in [0.25, 0.3) is 0 Å². The molecule has 0 atom stereocenters. The fourth-order valence-corrected chi connectivity index (χ4v) is 1.05. The Balaban J connectivity index is 4.33. The summed E-state index contributed by atoms with van der Waals surface area (Å²) in [6.45, 7) is 10.8. The largest absolute Gasteiger partial charge is 0.352 e. The average Bonchev–Trinajstić information content (AvgIpc) is 2.10. The maximum atomic E-state index is 11.9. The van der Waals surface area contributed by atoms with Crippen LogP contribution in [-0.4, -0.2) is 29.9 Å². The van der Waals surface area contributed by atoms with Crippen LogP contribution in [-0.2, 0) is 9.59 Å². The summed E-state index contributed by atoms with van der Waals surface area (Å²) in [6, 6.07) is 0.0679. The highest BCUT2D eigenvalue weighted by atomic mass is 16.2. The van der Waals surface area contributed by atoms with E-state index >= 15 is 0 Å². The van der Waals surface area contributed by atoms with Crippen LogP contribution in [0, 0.1) is 5.41 Å². The molecule has 0 rings (SSSR count). The lowest BCUT2D eigenvalue weighted by molar-refractivity contribution is -0.134. The van der Waals surface area contributed by atoms with Gasteiger partial charge in [-0.15, -0.1) is 0 Å². The third kappa shape index (κ3) is 4.73. The van der Waals surface area contributed by atoms with Gasteiger partial charge >= 0.3 is 0 Å². The number of rotatable bonds is 5. The quantitative estimate of drug-likeness (QED) is 0.653. The summed E-state index contributed by atoms with van der Waals surface area (Å²) in [5.74, 6) is -0.414.